The molecular weight excluding hydrogens is 319 g/mol. The monoisotopic (exact) mass is 331 g/mol. The van der Waals surface area contributed by atoms with E-state index in [9.17, 15) is 21.6 Å². The van der Waals surface area contributed by atoms with Gasteiger partial charge < -0.3 is 0 Å². The normalized spacial score (nSPS) is 12.2. The Bertz CT molecular complexity index is 742. The average Bonchev–Trinajstić information content (AvgIpc) is 2.45. The maximum Gasteiger partial charge on any atom is 0.417 e. The molecular formula is C13H12F3N3O2S. The first-order valence-electron chi connectivity index (χ1n) is 6.06. The Morgan fingerprint density at radius 1 is 1.05 bits per heavy atom. The van der Waals surface area contributed by atoms with Gasteiger partial charge in [0.25, 0.3) is 10.0 Å². The molecule has 5 nitrogen and oxygen atoms in total. The van der Waals surface area contributed by atoms with Crippen LogP contribution < -0.4 is 10.3 Å². The molecule has 0 saturated carbocycles. The maximum absolute atomic E-state index is 12.4. The van der Waals surface area contributed by atoms with Crippen LogP contribution in [0.1, 0.15) is 11.1 Å². The second-order valence-corrected chi connectivity index (χ2v) is 6.16. The van der Waals surface area contributed by atoms with Gasteiger partial charge in [-0.15, -0.1) is 4.83 Å². The molecule has 2 rings (SSSR count). The maximum atomic E-state index is 12.4. The molecule has 0 fully saturated rings. The fraction of sp³-hybridized carbons (Fsp3) is 0.154. The predicted octanol–water partition coefficient (Wildman–Crippen LogP) is 2.71. The molecule has 1 heterocycles. The number of hydrogen-bond acceptors (Lipinski definition) is 4. The molecule has 0 unspecified atom stereocenters. The highest BCUT2D eigenvalue weighted by molar-refractivity contribution is 7.89. The number of aromatic nitrogens is 1. The van der Waals surface area contributed by atoms with Gasteiger partial charge in [-0.25, -0.2) is 13.4 Å². The van der Waals surface area contributed by atoms with Gasteiger partial charge in [0.2, 0.25) is 0 Å². The molecule has 1 aromatic heterocycles. The van der Waals surface area contributed by atoms with E-state index in [-0.39, 0.29) is 10.7 Å². The lowest BCUT2D eigenvalue weighted by Gasteiger charge is -2.10. The molecule has 2 aromatic rings. The standard InChI is InChI=1S/C13H12F3N3O2S/c1-9-2-5-11(6-3-9)22(20,21)19-18-12-7-4-10(8-17-12)13(14,15)16/h2-8,19H,1H3,(H,17,18). The zero-order chi connectivity index (χ0) is 16.4. The largest absolute Gasteiger partial charge is 0.417 e. The number of hydrogen-bond donors (Lipinski definition) is 2. The molecule has 22 heavy (non-hydrogen) atoms. The van der Waals surface area contributed by atoms with Gasteiger partial charge in [-0.2, -0.15) is 13.2 Å². The molecule has 0 aliphatic carbocycles. The number of halogens is 3. The molecule has 0 atom stereocenters. The molecule has 0 aliphatic rings. The summed E-state index contributed by atoms with van der Waals surface area (Å²) in [4.78, 5) is 5.57. The van der Waals surface area contributed by atoms with Gasteiger partial charge in [-0.05, 0) is 31.2 Å². The van der Waals surface area contributed by atoms with Crippen LogP contribution in [-0.2, 0) is 16.2 Å². The van der Waals surface area contributed by atoms with Crippen molar-refractivity contribution in [2.45, 2.75) is 18.0 Å². The van der Waals surface area contributed by atoms with Crippen molar-refractivity contribution in [1.82, 2.24) is 9.82 Å². The molecule has 0 amide bonds. The van der Waals surface area contributed by atoms with Crippen molar-refractivity contribution in [2.75, 3.05) is 5.43 Å². The SMILES string of the molecule is Cc1ccc(S(=O)(=O)NNc2ccc(C(F)(F)F)cn2)cc1. The quantitative estimate of drug-likeness (QED) is 0.845. The number of nitrogens with one attached hydrogen (secondary N) is 2. The van der Waals surface area contributed by atoms with Crippen molar-refractivity contribution in [3.05, 3.63) is 53.7 Å². The highest BCUT2D eigenvalue weighted by Crippen LogP contribution is 2.28. The Morgan fingerprint density at radius 2 is 1.68 bits per heavy atom. The summed E-state index contributed by atoms with van der Waals surface area (Å²) in [7, 11) is -3.84. The van der Waals surface area contributed by atoms with E-state index in [1.54, 1.807) is 12.1 Å². The van der Waals surface area contributed by atoms with Gasteiger partial charge in [0.05, 0.1) is 10.5 Å². The summed E-state index contributed by atoms with van der Waals surface area (Å²) in [5.41, 5.74) is 2.24. The first kappa shape index (κ1) is 16.2. The minimum Gasteiger partial charge on any atom is -0.292 e. The minimum absolute atomic E-state index is 0.0255. The van der Waals surface area contributed by atoms with Crippen LogP contribution in [0.15, 0.2) is 47.5 Å². The van der Waals surface area contributed by atoms with Gasteiger partial charge >= 0.3 is 6.18 Å². The van der Waals surface area contributed by atoms with Crippen LogP contribution in [0.4, 0.5) is 19.0 Å². The van der Waals surface area contributed by atoms with E-state index in [0.29, 0.717) is 6.20 Å². The van der Waals surface area contributed by atoms with Gasteiger partial charge in [-0.1, -0.05) is 17.7 Å². The van der Waals surface area contributed by atoms with Crippen LogP contribution in [0.25, 0.3) is 0 Å². The van der Waals surface area contributed by atoms with E-state index in [1.165, 1.54) is 12.1 Å². The molecule has 0 radical (unpaired) electrons. The zero-order valence-corrected chi connectivity index (χ0v) is 12.2. The number of sulfonamides is 1. The van der Waals surface area contributed by atoms with E-state index in [4.69, 9.17) is 0 Å². The third-order valence-corrected chi connectivity index (χ3v) is 4.00. The second-order valence-electron chi connectivity index (χ2n) is 4.47. The molecule has 0 saturated heterocycles. The first-order chi connectivity index (χ1) is 10.2. The van der Waals surface area contributed by atoms with E-state index in [1.807, 2.05) is 11.8 Å². The molecule has 1 aromatic carbocycles. The van der Waals surface area contributed by atoms with Crippen LogP contribution in [0, 0.1) is 6.92 Å². The predicted molar refractivity (Wildman–Crippen MR) is 74.4 cm³/mol. The number of rotatable bonds is 4. The Morgan fingerprint density at radius 3 is 2.18 bits per heavy atom. The summed E-state index contributed by atoms with van der Waals surface area (Å²) in [5.74, 6) is -0.0521. The number of benzene rings is 1. The Balaban J connectivity index is 2.07. The smallest absolute Gasteiger partial charge is 0.292 e. The summed E-state index contributed by atoms with van der Waals surface area (Å²) in [5, 5.41) is 0. The number of nitrogens with zero attached hydrogens (tertiary/aromatic N) is 1. The average molecular weight is 331 g/mol. The van der Waals surface area contributed by atoms with Crippen molar-refractivity contribution in [3.8, 4) is 0 Å². The van der Waals surface area contributed by atoms with Gasteiger partial charge in [0.1, 0.15) is 5.82 Å². The summed E-state index contributed by atoms with van der Waals surface area (Å²) in [6.07, 6.45) is -3.88. The number of anilines is 1. The summed E-state index contributed by atoms with van der Waals surface area (Å²) >= 11 is 0. The fourth-order valence-corrected chi connectivity index (χ4v) is 2.38. The Labute approximate surface area is 125 Å². The lowest BCUT2D eigenvalue weighted by molar-refractivity contribution is -0.137. The Kier molecular flexibility index (Phi) is 4.38. The highest BCUT2D eigenvalue weighted by atomic mass is 32.2. The van der Waals surface area contributed by atoms with Crippen LogP contribution in [0.5, 0.6) is 0 Å². The highest BCUT2D eigenvalue weighted by Gasteiger charge is 2.30. The minimum atomic E-state index is -4.49. The third-order valence-electron chi connectivity index (χ3n) is 2.74. The van der Waals surface area contributed by atoms with Crippen molar-refractivity contribution < 1.29 is 21.6 Å². The van der Waals surface area contributed by atoms with Crippen molar-refractivity contribution in [1.29, 1.82) is 0 Å². The van der Waals surface area contributed by atoms with Gasteiger partial charge in [-0.3, -0.25) is 5.43 Å². The first-order valence-corrected chi connectivity index (χ1v) is 7.54. The van der Waals surface area contributed by atoms with Crippen molar-refractivity contribution >= 4 is 15.8 Å². The molecule has 0 aliphatic heterocycles. The lowest BCUT2D eigenvalue weighted by Crippen LogP contribution is -2.30. The number of aryl methyl sites for hydroxylation is 1. The number of alkyl halides is 3. The van der Waals surface area contributed by atoms with E-state index in [0.717, 1.165) is 17.7 Å². The van der Waals surface area contributed by atoms with E-state index in [2.05, 4.69) is 10.4 Å². The van der Waals surface area contributed by atoms with Gasteiger partial charge in [0.15, 0.2) is 0 Å². The molecule has 0 spiro atoms. The van der Waals surface area contributed by atoms with Crippen LogP contribution in [0.2, 0.25) is 0 Å². The van der Waals surface area contributed by atoms with Gasteiger partial charge in [0, 0.05) is 6.20 Å². The van der Waals surface area contributed by atoms with E-state index >= 15 is 0 Å². The zero-order valence-electron chi connectivity index (χ0n) is 11.3. The van der Waals surface area contributed by atoms with Crippen LogP contribution in [0.3, 0.4) is 0 Å². The van der Waals surface area contributed by atoms with Crippen molar-refractivity contribution in [2.24, 2.45) is 0 Å². The summed E-state index contributed by atoms with van der Waals surface area (Å²) < 4.78 is 61.1. The third kappa shape index (κ3) is 3.95. The molecule has 118 valence electrons. The molecule has 9 heteroatoms. The number of pyridine rings is 1. The summed E-state index contributed by atoms with van der Waals surface area (Å²) in [6.45, 7) is 1.81. The second kappa shape index (κ2) is 5.93. The Hall–Kier alpha value is -2.13. The van der Waals surface area contributed by atoms with E-state index < -0.39 is 21.8 Å². The van der Waals surface area contributed by atoms with Crippen LogP contribution in [-0.4, -0.2) is 13.4 Å². The molecule has 2 N–H and O–H groups in total. The van der Waals surface area contributed by atoms with Crippen molar-refractivity contribution in [3.63, 3.8) is 0 Å². The van der Waals surface area contributed by atoms with Crippen LogP contribution >= 0.6 is 0 Å². The lowest BCUT2D eigenvalue weighted by atomic mass is 10.2. The topological polar surface area (TPSA) is 71.1 Å². The fourth-order valence-electron chi connectivity index (χ4n) is 1.53. The molecule has 0 bridgehead atoms. The summed E-state index contributed by atoms with van der Waals surface area (Å²) in [6, 6.07) is 7.92. The number of hydrazine groups is 1.